The van der Waals surface area contributed by atoms with Gasteiger partial charge in [0.15, 0.2) is 0 Å². The third-order valence-corrected chi connectivity index (χ3v) is 5.82. The fourth-order valence-electron chi connectivity index (χ4n) is 4.29. The van der Waals surface area contributed by atoms with Crippen molar-refractivity contribution in [2.45, 2.75) is 25.8 Å². The molecule has 2 aromatic heterocycles. The Morgan fingerprint density at radius 2 is 2.00 bits per heavy atom. The van der Waals surface area contributed by atoms with E-state index in [2.05, 4.69) is 9.88 Å². The zero-order chi connectivity index (χ0) is 19.1. The molecule has 7 nitrogen and oxygen atoms in total. The van der Waals surface area contributed by atoms with Gasteiger partial charge in [0, 0.05) is 51.7 Å². The lowest BCUT2D eigenvalue weighted by atomic mass is 9.95. The Hall–Kier alpha value is -2.41. The molecule has 0 saturated carbocycles. The molecule has 0 aromatic carbocycles. The van der Waals surface area contributed by atoms with Crippen molar-refractivity contribution in [2.75, 3.05) is 40.3 Å². The number of rotatable bonds is 3. The zero-order valence-electron chi connectivity index (χ0n) is 16.3. The molecule has 7 heteroatoms. The van der Waals surface area contributed by atoms with Crippen LogP contribution >= 0.6 is 0 Å². The van der Waals surface area contributed by atoms with E-state index in [-0.39, 0.29) is 17.9 Å². The SMILES string of the molecule is Cc1cccc2nc(C(=O)N3CC4CCC3CN(CC(=O)N(C)C)C4)cn12. The first-order chi connectivity index (χ1) is 12.9. The number of pyridine rings is 1. The summed E-state index contributed by atoms with van der Waals surface area (Å²) in [5.41, 5.74) is 2.37. The Balaban J connectivity index is 1.54. The van der Waals surface area contributed by atoms with Gasteiger partial charge < -0.3 is 14.2 Å². The van der Waals surface area contributed by atoms with Gasteiger partial charge in [-0.2, -0.15) is 0 Å². The zero-order valence-corrected chi connectivity index (χ0v) is 16.3. The molecule has 3 aliphatic heterocycles. The molecular formula is C20H27N5O2. The van der Waals surface area contributed by atoms with E-state index in [1.165, 1.54) is 0 Å². The van der Waals surface area contributed by atoms with E-state index in [0.29, 0.717) is 18.2 Å². The molecule has 5 heterocycles. The number of fused-ring (bicyclic) bond motifs is 5. The third kappa shape index (κ3) is 3.43. The molecule has 3 fully saturated rings. The molecule has 2 aromatic rings. The Labute approximate surface area is 159 Å². The monoisotopic (exact) mass is 369 g/mol. The molecule has 144 valence electrons. The quantitative estimate of drug-likeness (QED) is 0.817. The van der Waals surface area contributed by atoms with Crippen LogP contribution in [0.25, 0.3) is 5.65 Å². The Kier molecular flexibility index (Phi) is 4.63. The van der Waals surface area contributed by atoms with Gasteiger partial charge in [-0.25, -0.2) is 4.98 Å². The van der Waals surface area contributed by atoms with Crippen molar-refractivity contribution in [3.8, 4) is 0 Å². The van der Waals surface area contributed by atoms with E-state index >= 15 is 0 Å². The number of aryl methyl sites for hydroxylation is 1. The Bertz CT molecular complexity index is 874. The van der Waals surface area contributed by atoms with Gasteiger partial charge >= 0.3 is 0 Å². The molecule has 5 rings (SSSR count). The minimum atomic E-state index is 0.00795. The highest BCUT2D eigenvalue weighted by Gasteiger charge is 2.38. The number of nitrogens with zero attached hydrogens (tertiary/aromatic N) is 5. The summed E-state index contributed by atoms with van der Waals surface area (Å²) < 4.78 is 1.96. The number of aromatic nitrogens is 2. The predicted octanol–water partition coefficient (Wildman–Crippen LogP) is 1.27. The lowest BCUT2D eigenvalue weighted by molar-refractivity contribution is -0.129. The summed E-state index contributed by atoms with van der Waals surface area (Å²) in [6.07, 6.45) is 3.96. The van der Waals surface area contributed by atoms with Crippen molar-refractivity contribution in [2.24, 2.45) is 5.92 Å². The molecule has 3 aliphatic rings. The lowest BCUT2D eigenvalue weighted by Gasteiger charge is -2.35. The second kappa shape index (κ2) is 6.96. The normalized spacial score (nSPS) is 22.9. The van der Waals surface area contributed by atoms with Crippen LogP contribution in [-0.2, 0) is 4.79 Å². The number of carbonyl (C=O) groups is 2. The molecule has 0 N–H and O–H groups in total. The molecule has 0 radical (unpaired) electrons. The van der Waals surface area contributed by atoms with Gasteiger partial charge in [0.2, 0.25) is 5.91 Å². The number of carbonyl (C=O) groups excluding carboxylic acids is 2. The van der Waals surface area contributed by atoms with Crippen LogP contribution in [0.5, 0.6) is 0 Å². The third-order valence-electron chi connectivity index (χ3n) is 5.82. The highest BCUT2D eigenvalue weighted by molar-refractivity contribution is 5.93. The van der Waals surface area contributed by atoms with Crippen LogP contribution < -0.4 is 0 Å². The molecule has 2 bridgehead atoms. The second-order valence-corrected chi connectivity index (χ2v) is 8.06. The standard InChI is InChI=1S/C20H27N5O2/c1-14-5-4-6-18-21-17(12-24(14)18)20(27)25-10-15-7-8-16(25)11-23(9-15)13-19(26)22(2)3/h4-6,12,15-16H,7-11,13H2,1-3H3. The van der Waals surface area contributed by atoms with Crippen molar-refractivity contribution in [3.63, 3.8) is 0 Å². The van der Waals surface area contributed by atoms with Crippen molar-refractivity contribution >= 4 is 17.5 Å². The van der Waals surface area contributed by atoms with E-state index < -0.39 is 0 Å². The van der Waals surface area contributed by atoms with E-state index in [0.717, 1.165) is 43.8 Å². The van der Waals surface area contributed by atoms with E-state index in [1.54, 1.807) is 19.0 Å². The van der Waals surface area contributed by atoms with Crippen LogP contribution in [0.15, 0.2) is 24.4 Å². The van der Waals surface area contributed by atoms with Gasteiger partial charge in [-0.1, -0.05) is 6.07 Å². The first-order valence-corrected chi connectivity index (χ1v) is 9.60. The number of piperidine rings is 1. The van der Waals surface area contributed by atoms with Gasteiger partial charge in [0.05, 0.1) is 6.54 Å². The predicted molar refractivity (Wildman–Crippen MR) is 103 cm³/mol. The molecule has 3 saturated heterocycles. The number of hydrogen-bond donors (Lipinski definition) is 0. The number of imidazole rings is 1. The van der Waals surface area contributed by atoms with Crippen LogP contribution in [0.4, 0.5) is 0 Å². The molecular weight excluding hydrogens is 342 g/mol. The van der Waals surface area contributed by atoms with E-state index in [9.17, 15) is 9.59 Å². The van der Waals surface area contributed by atoms with Crippen LogP contribution in [-0.4, -0.2) is 82.2 Å². The van der Waals surface area contributed by atoms with Crippen molar-refractivity contribution in [1.82, 2.24) is 24.1 Å². The highest BCUT2D eigenvalue weighted by Crippen LogP contribution is 2.29. The summed E-state index contributed by atoms with van der Waals surface area (Å²) in [7, 11) is 3.58. The average Bonchev–Trinajstić information content (AvgIpc) is 2.89. The van der Waals surface area contributed by atoms with E-state index in [1.807, 2.05) is 40.6 Å². The van der Waals surface area contributed by atoms with Crippen LogP contribution in [0, 0.1) is 12.8 Å². The Morgan fingerprint density at radius 1 is 1.19 bits per heavy atom. The van der Waals surface area contributed by atoms with Crippen molar-refractivity contribution < 1.29 is 9.59 Å². The summed E-state index contributed by atoms with van der Waals surface area (Å²) in [4.78, 5) is 35.7. The molecule has 27 heavy (non-hydrogen) atoms. The molecule has 0 aliphatic carbocycles. The maximum atomic E-state index is 13.2. The smallest absolute Gasteiger partial charge is 0.274 e. The average molecular weight is 369 g/mol. The molecule has 0 spiro atoms. The van der Waals surface area contributed by atoms with Crippen molar-refractivity contribution in [3.05, 3.63) is 35.8 Å². The van der Waals surface area contributed by atoms with E-state index in [4.69, 9.17) is 0 Å². The van der Waals surface area contributed by atoms with Gasteiger partial charge in [0.25, 0.3) is 5.91 Å². The molecule has 2 amide bonds. The highest BCUT2D eigenvalue weighted by atomic mass is 16.2. The van der Waals surface area contributed by atoms with Gasteiger partial charge in [0.1, 0.15) is 11.3 Å². The maximum absolute atomic E-state index is 13.2. The fourth-order valence-corrected chi connectivity index (χ4v) is 4.29. The molecule has 2 unspecified atom stereocenters. The summed E-state index contributed by atoms with van der Waals surface area (Å²) in [6, 6.07) is 6.04. The summed E-state index contributed by atoms with van der Waals surface area (Å²) in [5, 5.41) is 0. The lowest BCUT2D eigenvalue weighted by Crippen LogP contribution is -2.48. The summed E-state index contributed by atoms with van der Waals surface area (Å²) in [6.45, 7) is 4.83. The molecule has 2 atom stereocenters. The van der Waals surface area contributed by atoms with Gasteiger partial charge in [-0.3, -0.25) is 14.5 Å². The topological polar surface area (TPSA) is 61.2 Å². The fraction of sp³-hybridized carbons (Fsp3) is 0.550. The maximum Gasteiger partial charge on any atom is 0.274 e. The minimum absolute atomic E-state index is 0.00795. The van der Waals surface area contributed by atoms with Crippen LogP contribution in [0.2, 0.25) is 0 Å². The first kappa shape index (κ1) is 18.0. The van der Waals surface area contributed by atoms with Crippen molar-refractivity contribution in [1.29, 1.82) is 0 Å². The number of amides is 2. The van der Waals surface area contributed by atoms with Crippen LogP contribution in [0.1, 0.15) is 29.0 Å². The Morgan fingerprint density at radius 3 is 2.74 bits per heavy atom. The largest absolute Gasteiger partial charge is 0.348 e. The number of hydrogen-bond acceptors (Lipinski definition) is 4. The van der Waals surface area contributed by atoms with Gasteiger partial charge in [-0.15, -0.1) is 0 Å². The second-order valence-electron chi connectivity index (χ2n) is 8.06. The summed E-state index contributed by atoms with van der Waals surface area (Å²) in [5.74, 6) is 0.542. The minimum Gasteiger partial charge on any atom is -0.348 e. The van der Waals surface area contributed by atoms with Crippen LogP contribution in [0.3, 0.4) is 0 Å². The van der Waals surface area contributed by atoms with Gasteiger partial charge in [-0.05, 0) is 37.8 Å². The first-order valence-electron chi connectivity index (χ1n) is 9.60. The summed E-state index contributed by atoms with van der Waals surface area (Å²) >= 11 is 0. The number of likely N-dealkylation sites (N-methyl/N-ethyl adjacent to an activating group) is 1.